The Morgan fingerprint density at radius 2 is 1.79 bits per heavy atom. The zero-order chi connectivity index (χ0) is 17.6. The number of aryl methyl sites for hydroxylation is 2. The second-order valence-corrected chi connectivity index (χ2v) is 7.55. The van der Waals surface area contributed by atoms with Gasteiger partial charge in [-0.2, -0.15) is 0 Å². The van der Waals surface area contributed by atoms with Crippen molar-refractivity contribution in [2.24, 2.45) is 0 Å². The monoisotopic (exact) mass is 358 g/mol. The van der Waals surface area contributed by atoms with Crippen molar-refractivity contribution in [1.29, 1.82) is 0 Å². The molecule has 0 spiro atoms. The van der Waals surface area contributed by atoms with Gasteiger partial charge in [-0.1, -0.05) is 23.7 Å². The second kappa shape index (κ2) is 6.19. The highest BCUT2D eigenvalue weighted by Gasteiger charge is 2.19. The summed E-state index contributed by atoms with van der Waals surface area (Å²) >= 11 is 7.84. The van der Waals surface area contributed by atoms with Gasteiger partial charge in [0, 0.05) is 15.8 Å². The van der Waals surface area contributed by atoms with Crippen molar-refractivity contribution in [3.05, 3.63) is 56.0 Å². The fourth-order valence-corrected chi connectivity index (χ4v) is 4.18. The fourth-order valence-electron chi connectivity index (χ4n) is 2.67. The lowest BCUT2D eigenvalue weighted by Crippen LogP contribution is -2.14. The molecule has 1 aromatic carbocycles. The molecule has 0 saturated heterocycles. The highest BCUT2D eigenvalue weighted by molar-refractivity contribution is 7.21. The highest BCUT2D eigenvalue weighted by Crippen LogP contribution is 2.36. The van der Waals surface area contributed by atoms with E-state index in [1.165, 1.54) is 11.3 Å². The van der Waals surface area contributed by atoms with Crippen molar-refractivity contribution in [2.75, 3.05) is 5.32 Å². The number of hydrogen-bond acceptors (Lipinski definition) is 3. The molecule has 0 fully saturated rings. The number of aromatic nitrogens is 1. The number of pyridine rings is 1. The van der Waals surface area contributed by atoms with Gasteiger partial charge in [-0.25, -0.2) is 4.98 Å². The number of fused-ring (bicyclic) bond motifs is 1. The molecule has 0 aliphatic heterocycles. The minimum atomic E-state index is -0.211. The van der Waals surface area contributed by atoms with Crippen molar-refractivity contribution < 1.29 is 4.79 Å². The molecule has 1 N–H and O–H groups in total. The first-order valence-corrected chi connectivity index (χ1v) is 8.93. The maximum absolute atomic E-state index is 12.7. The van der Waals surface area contributed by atoms with Gasteiger partial charge in [0.15, 0.2) is 0 Å². The van der Waals surface area contributed by atoms with E-state index in [0.29, 0.717) is 15.7 Å². The van der Waals surface area contributed by atoms with Crippen LogP contribution in [0, 0.1) is 34.6 Å². The van der Waals surface area contributed by atoms with Crippen molar-refractivity contribution in [1.82, 2.24) is 4.98 Å². The Hall–Kier alpha value is -1.91. The van der Waals surface area contributed by atoms with Crippen LogP contribution in [-0.2, 0) is 0 Å². The van der Waals surface area contributed by atoms with E-state index in [0.717, 1.165) is 38.0 Å². The number of rotatable bonds is 2. The van der Waals surface area contributed by atoms with Gasteiger partial charge in [-0.05, 0) is 62.9 Å². The van der Waals surface area contributed by atoms with E-state index in [-0.39, 0.29) is 5.91 Å². The van der Waals surface area contributed by atoms with Gasteiger partial charge < -0.3 is 5.32 Å². The van der Waals surface area contributed by atoms with Crippen molar-refractivity contribution >= 4 is 44.7 Å². The number of carbonyl (C=O) groups is 1. The topological polar surface area (TPSA) is 42.0 Å². The smallest absolute Gasteiger partial charge is 0.268 e. The first-order chi connectivity index (χ1) is 11.3. The van der Waals surface area contributed by atoms with Gasteiger partial charge in [-0.3, -0.25) is 4.79 Å². The zero-order valence-electron chi connectivity index (χ0n) is 14.4. The molecule has 0 saturated carbocycles. The predicted molar refractivity (Wildman–Crippen MR) is 103 cm³/mol. The number of anilines is 1. The summed E-state index contributed by atoms with van der Waals surface area (Å²) in [6.07, 6.45) is 0. The Labute approximate surface area is 150 Å². The molecule has 0 unspecified atom stereocenters. The van der Waals surface area contributed by atoms with Gasteiger partial charge in [-0.15, -0.1) is 11.3 Å². The molecule has 1 amide bonds. The molecule has 3 nitrogen and oxygen atoms in total. The van der Waals surface area contributed by atoms with Gasteiger partial charge in [0.1, 0.15) is 10.7 Å². The summed E-state index contributed by atoms with van der Waals surface area (Å²) in [6, 6.07) is 6.01. The average Bonchev–Trinajstić information content (AvgIpc) is 2.86. The largest absolute Gasteiger partial charge is 0.306 e. The van der Waals surface area contributed by atoms with E-state index in [1.807, 2.05) is 52.8 Å². The Balaban J connectivity index is 2.01. The number of thiophene rings is 1. The third-order valence-electron chi connectivity index (χ3n) is 4.53. The first-order valence-electron chi connectivity index (χ1n) is 7.74. The molecule has 0 aliphatic rings. The van der Waals surface area contributed by atoms with Crippen LogP contribution in [0.4, 0.5) is 5.82 Å². The molecular formula is C19H19ClN2OS. The third kappa shape index (κ3) is 2.80. The van der Waals surface area contributed by atoms with E-state index in [4.69, 9.17) is 11.6 Å². The van der Waals surface area contributed by atoms with Crippen LogP contribution >= 0.6 is 22.9 Å². The molecular weight excluding hydrogens is 340 g/mol. The Morgan fingerprint density at radius 3 is 2.50 bits per heavy atom. The lowest BCUT2D eigenvalue weighted by molar-refractivity contribution is 0.103. The van der Waals surface area contributed by atoms with Crippen LogP contribution in [-0.4, -0.2) is 10.9 Å². The van der Waals surface area contributed by atoms with Crippen LogP contribution in [0.3, 0.4) is 0 Å². The molecule has 5 heteroatoms. The summed E-state index contributed by atoms with van der Waals surface area (Å²) in [5, 5.41) is 4.35. The highest BCUT2D eigenvalue weighted by atomic mass is 35.5. The lowest BCUT2D eigenvalue weighted by atomic mass is 10.0. The number of carbonyl (C=O) groups excluding carboxylic acids is 1. The number of nitrogens with one attached hydrogen (secondary N) is 1. The Bertz CT molecular complexity index is 975. The number of amides is 1. The van der Waals surface area contributed by atoms with E-state index in [2.05, 4.69) is 10.3 Å². The molecule has 2 heterocycles. The van der Waals surface area contributed by atoms with E-state index in [1.54, 1.807) is 0 Å². The van der Waals surface area contributed by atoms with E-state index < -0.39 is 0 Å². The molecule has 0 bridgehead atoms. The quantitative estimate of drug-likeness (QED) is 0.634. The summed E-state index contributed by atoms with van der Waals surface area (Å²) in [5.41, 5.74) is 5.36. The summed E-state index contributed by atoms with van der Waals surface area (Å²) in [5.74, 6) is 0.391. The fraction of sp³-hybridized carbons (Fsp3) is 0.263. The molecule has 0 atom stereocenters. The van der Waals surface area contributed by atoms with Gasteiger partial charge >= 0.3 is 0 Å². The summed E-state index contributed by atoms with van der Waals surface area (Å²) < 4.78 is 1.02. The molecule has 3 rings (SSSR count). The van der Waals surface area contributed by atoms with Crippen LogP contribution in [0.15, 0.2) is 18.2 Å². The summed E-state index contributed by atoms with van der Waals surface area (Å²) in [4.78, 5) is 17.8. The third-order valence-corrected chi connectivity index (χ3v) is 6.18. The van der Waals surface area contributed by atoms with Crippen molar-refractivity contribution in [3.8, 4) is 0 Å². The average molecular weight is 359 g/mol. The van der Waals surface area contributed by atoms with Crippen LogP contribution in [0.5, 0.6) is 0 Å². The van der Waals surface area contributed by atoms with Gasteiger partial charge in [0.05, 0.1) is 5.02 Å². The van der Waals surface area contributed by atoms with Crippen LogP contribution in [0.1, 0.15) is 37.6 Å². The first kappa shape index (κ1) is 16.9. The zero-order valence-corrected chi connectivity index (χ0v) is 15.9. The lowest BCUT2D eigenvalue weighted by Gasteiger charge is -2.13. The standard InChI is InChI=1S/C19H19ClN2OS/c1-9-6-7-14-15(8-9)24-17(16(14)20)19(23)22-18-12(4)10(2)11(3)13(5)21-18/h6-8H,1-5H3,(H,21,22,23). The van der Waals surface area contributed by atoms with Crippen LogP contribution in [0.25, 0.3) is 10.1 Å². The predicted octanol–water partition coefficient (Wildman–Crippen LogP) is 5.74. The van der Waals surface area contributed by atoms with E-state index >= 15 is 0 Å². The summed E-state index contributed by atoms with van der Waals surface area (Å²) in [6.45, 7) is 10.0. The normalized spacial score (nSPS) is 11.1. The molecule has 24 heavy (non-hydrogen) atoms. The maximum atomic E-state index is 12.7. The minimum Gasteiger partial charge on any atom is -0.306 e. The molecule has 2 aromatic heterocycles. The maximum Gasteiger partial charge on any atom is 0.268 e. The minimum absolute atomic E-state index is 0.211. The Kier molecular flexibility index (Phi) is 4.37. The Morgan fingerprint density at radius 1 is 1.08 bits per heavy atom. The van der Waals surface area contributed by atoms with Gasteiger partial charge in [0.2, 0.25) is 0 Å². The van der Waals surface area contributed by atoms with Crippen LogP contribution in [0.2, 0.25) is 5.02 Å². The van der Waals surface area contributed by atoms with Crippen LogP contribution < -0.4 is 5.32 Å². The SMILES string of the molecule is Cc1ccc2c(Cl)c(C(=O)Nc3nc(C)c(C)c(C)c3C)sc2c1. The summed E-state index contributed by atoms with van der Waals surface area (Å²) in [7, 11) is 0. The van der Waals surface area contributed by atoms with Crippen molar-refractivity contribution in [2.45, 2.75) is 34.6 Å². The number of halogens is 1. The molecule has 0 aliphatic carbocycles. The van der Waals surface area contributed by atoms with Crippen molar-refractivity contribution in [3.63, 3.8) is 0 Å². The second-order valence-electron chi connectivity index (χ2n) is 6.12. The molecule has 3 aromatic rings. The molecule has 0 radical (unpaired) electrons. The van der Waals surface area contributed by atoms with E-state index in [9.17, 15) is 4.79 Å². The number of benzene rings is 1. The number of hydrogen-bond donors (Lipinski definition) is 1. The number of nitrogens with zero attached hydrogens (tertiary/aromatic N) is 1. The molecule has 124 valence electrons. The van der Waals surface area contributed by atoms with Gasteiger partial charge in [0.25, 0.3) is 5.91 Å².